The van der Waals surface area contributed by atoms with E-state index in [4.69, 9.17) is 21.6 Å². The summed E-state index contributed by atoms with van der Waals surface area (Å²) >= 11 is 6.07. The van der Waals surface area contributed by atoms with Gasteiger partial charge < -0.3 is 10.4 Å². The van der Waals surface area contributed by atoms with Gasteiger partial charge in [0, 0.05) is 16.1 Å². The molecule has 1 saturated carbocycles. The SMILES string of the molecule is O=C(N[C@H](c1ccccc1)C(F)(F)F)c1ccc2nc(-c3ccc(Cl)cc3)c(CC3CCC(C(=O)O)C3)nc2c1. The predicted octanol–water partition coefficient (Wildman–Crippen LogP) is 7.03. The van der Waals surface area contributed by atoms with Gasteiger partial charge in [-0.3, -0.25) is 9.59 Å². The lowest BCUT2D eigenvalue weighted by Gasteiger charge is -2.22. The zero-order chi connectivity index (χ0) is 28.4. The zero-order valence-electron chi connectivity index (χ0n) is 21.2. The van der Waals surface area contributed by atoms with Crippen molar-refractivity contribution in [2.75, 3.05) is 0 Å². The number of nitrogens with one attached hydrogen (secondary N) is 1. The van der Waals surface area contributed by atoms with Gasteiger partial charge in [-0.05, 0) is 67.5 Å². The Morgan fingerprint density at radius 3 is 2.35 bits per heavy atom. The standard InChI is InChI=1S/C30H25ClF3N3O3/c31-22-11-8-18(9-12-22)26-25(15-17-6-7-21(14-17)29(39)40)35-24-16-20(10-13-23(24)36-26)28(38)37-27(30(32,33)34)19-4-2-1-3-5-19/h1-5,8-13,16-17,21,27H,6-7,14-15H2,(H,37,38)(H,39,40)/t17?,21?,27-/m1/s1. The molecule has 206 valence electrons. The first-order valence-corrected chi connectivity index (χ1v) is 13.2. The van der Waals surface area contributed by atoms with Gasteiger partial charge in [0.2, 0.25) is 0 Å². The van der Waals surface area contributed by atoms with Crippen LogP contribution in [0, 0.1) is 11.8 Å². The Labute approximate surface area is 233 Å². The van der Waals surface area contributed by atoms with E-state index < -0.39 is 30.0 Å². The Kier molecular flexibility index (Phi) is 7.76. The highest BCUT2D eigenvalue weighted by molar-refractivity contribution is 6.30. The van der Waals surface area contributed by atoms with Crippen molar-refractivity contribution < 1.29 is 27.9 Å². The first-order chi connectivity index (χ1) is 19.1. The van der Waals surface area contributed by atoms with Crippen LogP contribution >= 0.6 is 11.6 Å². The van der Waals surface area contributed by atoms with Crippen molar-refractivity contribution in [2.45, 2.75) is 37.9 Å². The maximum Gasteiger partial charge on any atom is 0.412 e. The van der Waals surface area contributed by atoms with Crippen molar-refractivity contribution >= 4 is 34.5 Å². The van der Waals surface area contributed by atoms with Gasteiger partial charge in [-0.15, -0.1) is 0 Å². The summed E-state index contributed by atoms with van der Waals surface area (Å²) in [6, 6.07) is 16.5. The van der Waals surface area contributed by atoms with E-state index in [9.17, 15) is 27.9 Å². The minimum atomic E-state index is -4.69. The largest absolute Gasteiger partial charge is 0.481 e. The molecule has 4 aromatic rings. The number of hydrogen-bond donors (Lipinski definition) is 2. The number of aliphatic carboxylic acids is 1. The number of hydrogen-bond acceptors (Lipinski definition) is 4. The highest BCUT2D eigenvalue weighted by atomic mass is 35.5. The van der Waals surface area contributed by atoms with E-state index in [1.54, 1.807) is 24.3 Å². The molecule has 1 heterocycles. The number of carbonyl (C=O) groups excluding carboxylic acids is 1. The van der Waals surface area contributed by atoms with Crippen molar-refractivity contribution in [1.82, 2.24) is 15.3 Å². The fourth-order valence-electron chi connectivity index (χ4n) is 5.19. The molecule has 1 aromatic heterocycles. The summed E-state index contributed by atoms with van der Waals surface area (Å²) in [7, 11) is 0. The minimum absolute atomic E-state index is 0.0176. The van der Waals surface area contributed by atoms with Crippen LogP contribution in [-0.4, -0.2) is 33.1 Å². The van der Waals surface area contributed by atoms with E-state index in [0.717, 1.165) is 12.0 Å². The third-order valence-corrected chi connectivity index (χ3v) is 7.48. The number of rotatable bonds is 7. The average molecular weight is 568 g/mol. The third-order valence-electron chi connectivity index (χ3n) is 7.22. The van der Waals surface area contributed by atoms with E-state index >= 15 is 0 Å². The second-order valence-corrected chi connectivity index (χ2v) is 10.4. The molecule has 10 heteroatoms. The topological polar surface area (TPSA) is 92.2 Å². The van der Waals surface area contributed by atoms with Crippen LogP contribution in [0.1, 0.15) is 46.9 Å². The lowest BCUT2D eigenvalue weighted by Crippen LogP contribution is -2.38. The van der Waals surface area contributed by atoms with Crippen LogP contribution in [0.2, 0.25) is 5.02 Å². The molecule has 0 radical (unpaired) electrons. The van der Waals surface area contributed by atoms with Crippen LogP contribution in [0.4, 0.5) is 13.2 Å². The molecule has 3 atom stereocenters. The molecule has 2 unspecified atom stereocenters. The van der Waals surface area contributed by atoms with Gasteiger partial charge in [0.25, 0.3) is 5.91 Å². The molecule has 1 aliphatic carbocycles. The molecule has 1 amide bonds. The lowest BCUT2D eigenvalue weighted by atomic mass is 9.96. The van der Waals surface area contributed by atoms with E-state index in [2.05, 4.69) is 5.32 Å². The molecule has 3 aromatic carbocycles. The number of carboxylic acids is 1. The highest BCUT2D eigenvalue weighted by Gasteiger charge is 2.42. The lowest BCUT2D eigenvalue weighted by molar-refractivity contribution is -0.155. The van der Waals surface area contributed by atoms with Crippen LogP contribution < -0.4 is 5.32 Å². The number of fused-ring (bicyclic) bond motifs is 1. The maximum atomic E-state index is 13.8. The number of amides is 1. The zero-order valence-corrected chi connectivity index (χ0v) is 21.9. The summed E-state index contributed by atoms with van der Waals surface area (Å²) in [6.07, 6.45) is -2.37. The van der Waals surface area contributed by atoms with Crippen molar-refractivity contribution in [3.05, 3.63) is 94.6 Å². The molecule has 0 aliphatic heterocycles. The summed E-state index contributed by atoms with van der Waals surface area (Å²) in [4.78, 5) is 34.0. The maximum absolute atomic E-state index is 13.8. The normalized spacial score (nSPS) is 18.0. The van der Waals surface area contributed by atoms with E-state index in [0.29, 0.717) is 46.7 Å². The average Bonchev–Trinajstić information content (AvgIpc) is 3.40. The van der Waals surface area contributed by atoms with Crippen LogP contribution in [0.25, 0.3) is 22.3 Å². The van der Waals surface area contributed by atoms with Gasteiger partial charge in [0.05, 0.1) is 28.3 Å². The molecule has 40 heavy (non-hydrogen) atoms. The van der Waals surface area contributed by atoms with Gasteiger partial charge in [-0.1, -0.05) is 54.1 Å². The van der Waals surface area contributed by atoms with E-state index in [-0.39, 0.29) is 17.0 Å². The van der Waals surface area contributed by atoms with Gasteiger partial charge in [0.1, 0.15) is 0 Å². The number of carboxylic acid groups (broad SMARTS) is 1. The van der Waals surface area contributed by atoms with Crippen LogP contribution in [0.5, 0.6) is 0 Å². The monoisotopic (exact) mass is 567 g/mol. The van der Waals surface area contributed by atoms with Gasteiger partial charge in [-0.2, -0.15) is 13.2 Å². The van der Waals surface area contributed by atoms with E-state index in [1.165, 1.54) is 36.4 Å². The number of benzene rings is 3. The molecule has 0 bridgehead atoms. The molecule has 0 saturated heterocycles. The van der Waals surface area contributed by atoms with Gasteiger partial charge in [-0.25, -0.2) is 9.97 Å². The molecule has 6 nitrogen and oxygen atoms in total. The summed E-state index contributed by atoms with van der Waals surface area (Å²) in [5.74, 6) is -2.02. The molecule has 0 spiro atoms. The summed E-state index contributed by atoms with van der Waals surface area (Å²) in [5, 5.41) is 12.1. The number of nitrogens with zero attached hydrogens (tertiary/aromatic N) is 2. The number of halogens is 4. The second kappa shape index (κ2) is 11.3. The molecule has 1 fully saturated rings. The summed E-state index contributed by atoms with van der Waals surface area (Å²) in [6.45, 7) is 0. The molecular formula is C30H25ClF3N3O3. The number of alkyl halides is 3. The quantitative estimate of drug-likeness (QED) is 0.250. The fraction of sp³-hybridized carbons (Fsp3) is 0.267. The highest BCUT2D eigenvalue weighted by Crippen LogP contribution is 2.36. The van der Waals surface area contributed by atoms with Crippen LogP contribution in [0.15, 0.2) is 72.8 Å². The van der Waals surface area contributed by atoms with Crippen LogP contribution in [-0.2, 0) is 11.2 Å². The fourth-order valence-corrected chi connectivity index (χ4v) is 5.31. The Bertz CT molecular complexity index is 1550. The Morgan fingerprint density at radius 1 is 0.975 bits per heavy atom. The Balaban J connectivity index is 1.49. The molecule has 1 aliphatic rings. The number of carbonyl (C=O) groups is 2. The van der Waals surface area contributed by atoms with Gasteiger partial charge in [0.15, 0.2) is 6.04 Å². The first-order valence-electron chi connectivity index (χ1n) is 12.8. The van der Waals surface area contributed by atoms with Crippen molar-refractivity contribution in [3.8, 4) is 11.3 Å². The van der Waals surface area contributed by atoms with Crippen LogP contribution in [0.3, 0.4) is 0 Å². The smallest absolute Gasteiger partial charge is 0.412 e. The summed E-state index contributed by atoms with van der Waals surface area (Å²) in [5.41, 5.74) is 2.78. The molecular weight excluding hydrogens is 543 g/mol. The van der Waals surface area contributed by atoms with Crippen molar-refractivity contribution in [2.24, 2.45) is 11.8 Å². The second-order valence-electron chi connectivity index (χ2n) is 10.0. The Hall–Kier alpha value is -3.98. The molecule has 2 N–H and O–H groups in total. The number of aromatic nitrogens is 2. The first kappa shape index (κ1) is 27.6. The third kappa shape index (κ3) is 6.09. The summed E-state index contributed by atoms with van der Waals surface area (Å²) < 4.78 is 41.4. The van der Waals surface area contributed by atoms with Crippen molar-refractivity contribution in [1.29, 1.82) is 0 Å². The molecule has 5 rings (SSSR count). The van der Waals surface area contributed by atoms with Gasteiger partial charge >= 0.3 is 12.1 Å². The minimum Gasteiger partial charge on any atom is -0.481 e. The Morgan fingerprint density at radius 2 is 1.70 bits per heavy atom. The predicted molar refractivity (Wildman–Crippen MR) is 145 cm³/mol. The van der Waals surface area contributed by atoms with Crippen molar-refractivity contribution in [3.63, 3.8) is 0 Å². The van der Waals surface area contributed by atoms with E-state index in [1.807, 2.05) is 12.1 Å².